The van der Waals surface area contributed by atoms with Gasteiger partial charge in [-0.25, -0.2) is 0 Å². The summed E-state index contributed by atoms with van der Waals surface area (Å²) in [5, 5.41) is 17.6. The van der Waals surface area contributed by atoms with Crippen LogP contribution >= 0.6 is 0 Å². The molecule has 0 aliphatic carbocycles. The lowest BCUT2D eigenvalue weighted by atomic mass is 10.1. The molecule has 1 aromatic rings. The minimum Gasteiger partial charge on any atom is -0.314 e. The highest BCUT2D eigenvalue weighted by Gasteiger charge is 2.23. The number of hydrogen-bond donors (Lipinski definition) is 2. The summed E-state index contributed by atoms with van der Waals surface area (Å²) >= 11 is 0. The third-order valence-electron chi connectivity index (χ3n) is 2.64. The molecular formula is C8H16N6. The number of tetrazole rings is 1. The molecule has 1 aliphatic heterocycles. The summed E-state index contributed by atoms with van der Waals surface area (Å²) in [5.41, 5.74) is 0. The minimum atomic E-state index is 0.316. The fourth-order valence-corrected chi connectivity index (χ4v) is 1.91. The number of aromatic amines is 1. The minimum absolute atomic E-state index is 0.316. The zero-order chi connectivity index (χ0) is 9.80. The summed E-state index contributed by atoms with van der Waals surface area (Å²) < 4.78 is 0. The Morgan fingerprint density at radius 1 is 1.43 bits per heavy atom. The predicted molar refractivity (Wildman–Crippen MR) is 51.7 cm³/mol. The highest BCUT2D eigenvalue weighted by molar-refractivity contribution is 4.91. The molecule has 2 heterocycles. The zero-order valence-electron chi connectivity index (χ0n) is 8.40. The number of aromatic nitrogens is 4. The van der Waals surface area contributed by atoms with Crippen molar-refractivity contribution in [2.45, 2.75) is 19.4 Å². The highest BCUT2D eigenvalue weighted by Crippen LogP contribution is 2.19. The first-order chi connectivity index (χ1) is 6.92. The van der Waals surface area contributed by atoms with E-state index < -0.39 is 0 Å². The molecule has 1 aromatic heterocycles. The van der Waals surface area contributed by atoms with Crippen molar-refractivity contribution in [2.75, 3.05) is 26.2 Å². The maximum absolute atomic E-state index is 4.05. The molecule has 78 valence electrons. The van der Waals surface area contributed by atoms with Crippen molar-refractivity contribution in [2.24, 2.45) is 0 Å². The van der Waals surface area contributed by atoms with E-state index in [4.69, 9.17) is 0 Å². The van der Waals surface area contributed by atoms with E-state index in [9.17, 15) is 0 Å². The Kier molecular flexibility index (Phi) is 3.05. The molecule has 6 nitrogen and oxygen atoms in total. The molecule has 0 bridgehead atoms. The van der Waals surface area contributed by atoms with Crippen molar-refractivity contribution in [1.29, 1.82) is 0 Å². The van der Waals surface area contributed by atoms with E-state index in [0.29, 0.717) is 6.04 Å². The lowest BCUT2D eigenvalue weighted by Gasteiger charge is -2.32. The number of nitrogens with zero attached hydrogens (tertiary/aromatic N) is 4. The monoisotopic (exact) mass is 196 g/mol. The van der Waals surface area contributed by atoms with Crippen molar-refractivity contribution in [1.82, 2.24) is 30.8 Å². The van der Waals surface area contributed by atoms with Gasteiger partial charge in [0.05, 0.1) is 6.04 Å². The van der Waals surface area contributed by atoms with Crippen LogP contribution in [0.5, 0.6) is 0 Å². The van der Waals surface area contributed by atoms with Crippen molar-refractivity contribution in [3.8, 4) is 0 Å². The Balaban J connectivity index is 2.04. The second-order valence-electron chi connectivity index (χ2n) is 3.48. The number of rotatable bonds is 3. The average Bonchev–Trinajstić information content (AvgIpc) is 2.74. The molecule has 1 aliphatic rings. The Morgan fingerprint density at radius 3 is 2.79 bits per heavy atom. The van der Waals surface area contributed by atoms with Gasteiger partial charge in [0.1, 0.15) is 0 Å². The number of hydrogen-bond acceptors (Lipinski definition) is 5. The molecule has 1 atom stereocenters. The van der Waals surface area contributed by atoms with E-state index >= 15 is 0 Å². The van der Waals surface area contributed by atoms with E-state index in [1.807, 2.05) is 0 Å². The van der Waals surface area contributed by atoms with Gasteiger partial charge in [0.15, 0.2) is 5.82 Å². The van der Waals surface area contributed by atoms with Crippen LogP contribution in [0.4, 0.5) is 0 Å². The first-order valence-electron chi connectivity index (χ1n) is 5.10. The first kappa shape index (κ1) is 9.54. The fraction of sp³-hybridized carbons (Fsp3) is 0.875. The molecule has 0 amide bonds. The fourth-order valence-electron chi connectivity index (χ4n) is 1.91. The van der Waals surface area contributed by atoms with Crippen molar-refractivity contribution in [3.63, 3.8) is 0 Å². The molecule has 1 fully saturated rings. The standard InChI is InChI=1S/C8H16N6/c1-2-7(8-10-12-13-11-8)14-5-3-9-4-6-14/h7,9H,2-6H2,1H3,(H,10,11,12,13). The normalized spacial score (nSPS) is 20.9. The zero-order valence-corrected chi connectivity index (χ0v) is 8.40. The van der Waals surface area contributed by atoms with Crippen LogP contribution in [-0.2, 0) is 0 Å². The largest absolute Gasteiger partial charge is 0.314 e. The molecule has 2 rings (SSSR count). The molecular weight excluding hydrogens is 180 g/mol. The summed E-state index contributed by atoms with van der Waals surface area (Å²) in [7, 11) is 0. The molecule has 1 unspecified atom stereocenters. The quantitative estimate of drug-likeness (QED) is 0.685. The molecule has 2 N–H and O–H groups in total. The van der Waals surface area contributed by atoms with E-state index in [1.54, 1.807) is 0 Å². The molecule has 0 aromatic carbocycles. The lowest BCUT2D eigenvalue weighted by molar-refractivity contribution is 0.163. The Hall–Kier alpha value is -1.01. The van der Waals surface area contributed by atoms with Gasteiger partial charge in [0, 0.05) is 26.2 Å². The van der Waals surface area contributed by atoms with Gasteiger partial charge < -0.3 is 5.32 Å². The van der Waals surface area contributed by atoms with Crippen LogP contribution < -0.4 is 5.32 Å². The number of nitrogens with one attached hydrogen (secondary N) is 2. The molecule has 0 radical (unpaired) electrons. The van der Waals surface area contributed by atoms with Crippen LogP contribution in [-0.4, -0.2) is 51.7 Å². The van der Waals surface area contributed by atoms with E-state index in [2.05, 4.69) is 37.8 Å². The third kappa shape index (κ3) is 1.91. The molecule has 1 saturated heterocycles. The third-order valence-corrected chi connectivity index (χ3v) is 2.64. The van der Waals surface area contributed by atoms with Crippen LogP contribution in [0.3, 0.4) is 0 Å². The van der Waals surface area contributed by atoms with Gasteiger partial charge in [0.25, 0.3) is 0 Å². The van der Waals surface area contributed by atoms with Crippen molar-refractivity contribution >= 4 is 0 Å². The second kappa shape index (κ2) is 4.47. The lowest BCUT2D eigenvalue weighted by Crippen LogP contribution is -2.45. The predicted octanol–water partition coefficient (Wildman–Crippen LogP) is -0.444. The maximum Gasteiger partial charge on any atom is 0.191 e. The van der Waals surface area contributed by atoms with E-state index in [-0.39, 0.29) is 0 Å². The van der Waals surface area contributed by atoms with Crippen molar-refractivity contribution < 1.29 is 0 Å². The summed E-state index contributed by atoms with van der Waals surface area (Å²) in [6.45, 7) is 6.38. The van der Waals surface area contributed by atoms with Gasteiger partial charge in [-0.3, -0.25) is 4.90 Å². The average molecular weight is 196 g/mol. The summed E-state index contributed by atoms with van der Waals surface area (Å²) in [6, 6.07) is 0.316. The first-order valence-corrected chi connectivity index (χ1v) is 5.10. The second-order valence-corrected chi connectivity index (χ2v) is 3.48. The van der Waals surface area contributed by atoms with Crippen LogP contribution in [0.15, 0.2) is 0 Å². The van der Waals surface area contributed by atoms with Gasteiger partial charge in [-0.05, 0) is 6.42 Å². The summed E-state index contributed by atoms with van der Waals surface area (Å²) in [5.74, 6) is 0.814. The van der Waals surface area contributed by atoms with Gasteiger partial charge >= 0.3 is 0 Å². The SMILES string of the molecule is CCC(c1nn[nH]n1)N1CCNCC1. The highest BCUT2D eigenvalue weighted by atomic mass is 15.5. The van der Waals surface area contributed by atoms with Gasteiger partial charge in [-0.1, -0.05) is 12.1 Å². The van der Waals surface area contributed by atoms with Crippen LogP contribution in [0.2, 0.25) is 0 Å². The Bertz CT molecular complexity index is 253. The van der Waals surface area contributed by atoms with E-state index in [1.165, 1.54) is 0 Å². The van der Waals surface area contributed by atoms with E-state index in [0.717, 1.165) is 38.4 Å². The van der Waals surface area contributed by atoms with Crippen LogP contribution in [0.1, 0.15) is 25.2 Å². The summed E-state index contributed by atoms with van der Waals surface area (Å²) in [6.07, 6.45) is 1.03. The van der Waals surface area contributed by atoms with Crippen LogP contribution in [0.25, 0.3) is 0 Å². The van der Waals surface area contributed by atoms with Gasteiger partial charge in [-0.15, -0.1) is 10.2 Å². The molecule has 14 heavy (non-hydrogen) atoms. The van der Waals surface area contributed by atoms with Gasteiger partial charge in [0.2, 0.25) is 0 Å². The summed E-state index contributed by atoms with van der Waals surface area (Å²) in [4.78, 5) is 2.40. The Morgan fingerprint density at radius 2 is 2.21 bits per heavy atom. The van der Waals surface area contributed by atoms with Gasteiger partial charge in [-0.2, -0.15) is 5.21 Å². The number of piperazine rings is 1. The molecule has 6 heteroatoms. The Labute approximate surface area is 83.1 Å². The van der Waals surface area contributed by atoms with Crippen molar-refractivity contribution in [3.05, 3.63) is 5.82 Å². The topological polar surface area (TPSA) is 69.7 Å². The smallest absolute Gasteiger partial charge is 0.191 e. The maximum atomic E-state index is 4.05. The molecule has 0 saturated carbocycles. The number of H-pyrrole nitrogens is 1. The van der Waals surface area contributed by atoms with Crippen LogP contribution in [0, 0.1) is 0 Å². The molecule has 0 spiro atoms.